The van der Waals surface area contributed by atoms with Crippen molar-refractivity contribution in [2.75, 3.05) is 0 Å². The van der Waals surface area contributed by atoms with Crippen LogP contribution in [0.3, 0.4) is 0 Å². The van der Waals surface area contributed by atoms with Crippen LogP contribution in [0.5, 0.6) is 0 Å². The van der Waals surface area contributed by atoms with Gasteiger partial charge in [0.2, 0.25) is 6.10 Å². The molecule has 0 N–H and O–H groups in total. The van der Waals surface area contributed by atoms with Crippen molar-refractivity contribution >= 4 is 12.4 Å². The van der Waals surface area contributed by atoms with E-state index < -0.39 is 12.1 Å². The maximum atomic E-state index is 11.5. The number of benzene rings is 1. The summed E-state index contributed by atoms with van der Waals surface area (Å²) in [5, 5.41) is 0. The molecule has 0 saturated carbocycles. The number of ether oxygens (including phenoxy) is 2. The number of nitrogens with zero attached hydrogens (tertiary/aromatic N) is 1. The van der Waals surface area contributed by atoms with Crippen LogP contribution in [0.1, 0.15) is 11.7 Å². The van der Waals surface area contributed by atoms with Gasteiger partial charge >= 0.3 is 5.97 Å². The molecule has 1 aromatic rings. The zero-order valence-corrected chi connectivity index (χ0v) is 8.78. The van der Waals surface area contributed by atoms with Crippen LogP contribution in [0.25, 0.3) is 4.85 Å². The summed E-state index contributed by atoms with van der Waals surface area (Å²) in [6, 6.07) is 8.45. The summed E-state index contributed by atoms with van der Waals surface area (Å²) in [4.78, 5) is 24.7. The number of carbonyl (C=O) groups excluding carboxylic acids is 2. The van der Waals surface area contributed by atoms with Crippen LogP contribution < -0.4 is 0 Å². The highest BCUT2D eigenvalue weighted by atomic mass is 16.6. The maximum absolute atomic E-state index is 11.5. The van der Waals surface area contributed by atoms with Gasteiger partial charge < -0.3 is 9.47 Å². The molecule has 0 fully saturated rings. The first kappa shape index (κ1) is 12.5. The Balaban J connectivity index is 2.79. The Morgan fingerprint density at radius 2 is 2.06 bits per heavy atom. The summed E-state index contributed by atoms with van der Waals surface area (Å²) in [5.41, 5.74) is 0.501. The van der Waals surface area contributed by atoms with E-state index >= 15 is 0 Å². The van der Waals surface area contributed by atoms with Gasteiger partial charge in [-0.3, -0.25) is 4.79 Å². The van der Waals surface area contributed by atoms with E-state index in [1.165, 1.54) is 0 Å². The summed E-state index contributed by atoms with van der Waals surface area (Å²) in [6.45, 7) is 6.64. The summed E-state index contributed by atoms with van der Waals surface area (Å²) in [7, 11) is 0. The highest BCUT2D eigenvalue weighted by Gasteiger charge is 2.22. The third kappa shape index (κ3) is 3.80. The first-order valence-corrected chi connectivity index (χ1v) is 4.65. The number of rotatable bonds is 5. The number of hydrogen-bond acceptors (Lipinski definition) is 4. The fourth-order valence-electron chi connectivity index (χ4n) is 1.14. The first-order chi connectivity index (χ1) is 8.29. The summed E-state index contributed by atoms with van der Waals surface area (Å²) in [6.07, 6.45) is 0.810. The summed E-state index contributed by atoms with van der Waals surface area (Å²) in [5.74, 6) is -0.761. The minimum absolute atomic E-state index is 0.178. The summed E-state index contributed by atoms with van der Waals surface area (Å²) < 4.78 is 9.29. The molecule has 17 heavy (non-hydrogen) atoms. The Bertz CT molecular complexity index is 447. The Hall–Kier alpha value is -2.61. The van der Waals surface area contributed by atoms with Gasteiger partial charge in [0.1, 0.15) is 0 Å². The van der Waals surface area contributed by atoms with Gasteiger partial charge in [-0.1, -0.05) is 30.3 Å². The highest BCUT2D eigenvalue weighted by molar-refractivity contribution is 5.78. The van der Waals surface area contributed by atoms with E-state index in [1.54, 1.807) is 30.3 Å². The van der Waals surface area contributed by atoms with Crippen molar-refractivity contribution in [3.05, 3.63) is 59.8 Å². The zero-order chi connectivity index (χ0) is 12.5. The van der Waals surface area contributed by atoms with E-state index in [4.69, 9.17) is 6.57 Å². The molecule has 0 unspecified atom stereocenters. The van der Waals surface area contributed by atoms with Crippen LogP contribution in [-0.4, -0.2) is 12.4 Å². The average molecular weight is 231 g/mol. The van der Waals surface area contributed by atoms with Crippen molar-refractivity contribution in [3.8, 4) is 0 Å². The summed E-state index contributed by atoms with van der Waals surface area (Å²) >= 11 is 0. The smallest absolute Gasteiger partial charge is 0.355 e. The van der Waals surface area contributed by atoms with Crippen LogP contribution in [0.4, 0.5) is 0 Å². The fraction of sp³-hybridized carbons (Fsp3) is 0.0833. The molecule has 0 aliphatic heterocycles. The quantitative estimate of drug-likeness (QED) is 0.336. The van der Waals surface area contributed by atoms with E-state index in [2.05, 4.69) is 14.3 Å². The molecule has 5 heteroatoms. The van der Waals surface area contributed by atoms with Crippen molar-refractivity contribution in [2.45, 2.75) is 6.10 Å². The first-order valence-electron chi connectivity index (χ1n) is 4.65. The monoisotopic (exact) mass is 231 g/mol. The van der Waals surface area contributed by atoms with Crippen LogP contribution in [0.15, 0.2) is 42.8 Å². The minimum Gasteiger partial charge on any atom is -0.448 e. The molecule has 1 rings (SSSR count). The topological polar surface area (TPSA) is 57.0 Å². The number of esters is 1. The van der Waals surface area contributed by atoms with E-state index in [0.29, 0.717) is 5.56 Å². The van der Waals surface area contributed by atoms with E-state index in [1.807, 2.05) is 0 Å². The highest BCUT2D eigenvalue weighted by Crippen LogP contribution is 2.17. The molecule has 0 radical (unpaired) electrons. The van der Waals surface area contributed by atoms with Gasteiger partial charge in [-0.2, -0.15) is 0 Å². The number of carbonyl (C=O) groups is 2. The molecule has 0 heterocycles. The van der Waals surface area contributed by atoms with Crippen LogP contribution in [-0.2, 0) is 19.1 Å². The average Bonchev–Trinajstić information content (AvgIpc) is 2.37. The van der Waals surface area contributed by atoms with Crippen LogP contribution >= 0.6 is 0 Å². The lowest BCUT2D eigenvalue weighted by Crippen LogP contribution is -2.16. The standard InChI is InChI=1S/C12H9NO4/c1-13-7-8-16-12(15)11(17-9-14)10-5-3-2-4-6-10/h2-9,11H/b8-7-/t11-/m1/s1. The second kappa shape index (κ2) is 6.80. The van der Waals surface area contributed by atoms with Crippen molar-refractivity contribution in [2.24, 2.45) is 0 Å². The zero-order valence-electron chi connectivity index (χ0n) is 8.78. The molecule has 0 spiro atoms. The Morgan fingerprint density at radius 1 is 1.35 bits per heavy atom. The third-order valence-electron chi connectivity index (χ3n) is 1.83. The van der Waals surface area contributed by atoms with Gasteiger partial charge in [0, 0.05) is 5.56 Å². The minimum atomic E-state index is -1.12. The van der Waals surface area contributed by atoms with Gasteiger partial charge in [0.15, 0.2) is 6.20 Å². The van der Waals surface area contributed by atoms with Gasteiger partial charge in [0.05, 0.1) is 12.8 Å². The molecule has 0 aliphatic rings. The van der Waals surface area contributed by atoms with Gasteiger partial charge in [-0.25, -0.2) is 9.64 Å². The Morgan fingerprint density at radius 3 is 2.65 bits per heavy atom. The molecule has 0 aliphatic carbocycles. The Kier molecular flexibility index (Phi) is 4.98. The molecule has 1 aromatic carbocycles. The largest absolute Gasteiger partial charge is 0.448 e. The molecule has 0 amide bonds. The molecular formula is C12H9NO4. The molecule has 0 saturated heterocycles. The maximum Gasteiger partial charge on any atom is 0.355 e. The van der Waals surface area contributed by atoms with Crippen molar-refractivity contribution in [1.29, 1.82) is 0 Å². The molecule has 5 nitrogen and oxygen atoms in total. The number of hydrogen-bond donors (Lipinski definition) is 0. The predicted molar refractivity (Wildman–Crippen MR) is 58.2 cm³/mol. The second-order valence-electron chi connectivity index (χ2n) is 2.87. The third-order valence-corrected chi connectivity index (χ3v) is 1.83. The lowest BCUT2D eigenvalue weighted by molar-refractivity contribution is -0.157. The molecule has 86 valence electrons. The molecule has 1 atom stereocenters. The van der Waals surface area contributed by atoms with Gasteiger partial charge in [-0.15, -0.1) is 0 Å². The lowest BCUT2D eigenvalue weighted by atomic mass is 10.1. The van der Waals surface area contributed by atoms with Gasteiger partial charge in [-0.05, 0) is 0 Å². The van der Waals surface area contributed by atoms with Crippen molar-refractivity contribution < 1.29 is 19.1 Å². The van der Waals surface area contributed by atoms with Crippen LogP contribution in [0, 0.1) is 6.57 Å². The van der Waals surface area contributed by atoms with E-state index in [-0.39, 0.29) is 6.47 Å². The normalized spacial score (nSPS) is 11.5. The lowest BCUT2D eigenvalue weighted by Gasteiger charge is -2.12. The Labute approximate surface area is 98.1 Å². The van der Waals surface area contributed by atoms with E-state index in [0.717, 1.165) is 12.5 Å². The fourth-order valence-corrected chi connectivity index (χ4v) is 1.14. The van der Waals surface area contributed by atoms with Crippen LogP contribution in [0.2, 0.25) is 0 Å². The van der Waals surface area contributed by atoms with E-state index in [9.17, 15) is 9.59 Å². The second-order valence-corrected chi connectivity index (χ2v) is 2.87. The van der Waals surface area contributed by atoms with Crippen molar-refractivity contribution in [1.82, 2.24) is 0 Å². The molecule has 0 aromatic heterocycles. The van der Waals surface area contributed by atoms with Gasteiger partial charge in [0.25, 0.3) is 6.47 Å². The van der Waals surface area contributed by atoms with Crippen molar-refractivity contribution in [3.63, 3.8) is 0 Å². The SMILES string of the molecule is [C-]#[N+]/C=C\OC(=O)[C@H](OC=O)c1ccccc1. The molecule has 0 bridgehead atoms. The molecular weight excluding hydrogens is 222 g/mol. The predicted octanol–water partition coefficient (Wildman–Crippen LogP) is 1.83.